The van der Waals surface area contributed by atoms with Crippen molar-refractivity contribution in [3.63, 3.8) is 0 Å². The number of halogens is 2. The third-order valence-electron chi connectivity index (χ3n) is 6.08. The zero-order chi connectivity index (χ0) is 26.4. The minimum absolute atomic E-state index is 0.187. The molecule has 1 amide bonds. The van der Waals surface area contributed by atoms with Gasteiger partial charge in [-0.05, 0) is 61.9 Å². The summed E-state index contributed by atoms with van der Waals surface area (Å²) in [5, 5.41) is 3.36. The molecule has 0 aliphatic carbocycles. The zero-order valence-corrected chi connectivity index (χ0v) is 22.4. The van der Waals surface area contributed by atoms with Gasteiger partial charge in [0.15, 0.2) is 18.1 Å². The second-order valence-electron chi connectivity index (χ2n) is 8.62. The van der Waals surface area contributed by atoms with Crippen molar-refractivity contribution >= 4 is 46.1 Å². The maximum Gasteiger partial charge on any atom is 0.262 e. The van der Waals surface area contributed by atoms with Crippen molar-refractivity contribution in [1.82, 2.24) is 4.90 Å². The molecule has 1 fully saturated rings. The van der Waals surface area contributed by atoms with E-state index in [-0.39, 0.29) is 18.3 Å². The van der Waals surface area contributed by atoms with Crippen LogP contribution in [0.15, 0.2) is 60.7 Å². The lowest BCUT2D eigenvalue weighted by molar-refractivity contribution is -0.118. The van der Waals surface area contributed by atoms with Gasteiger partial charge in [0.25, 0.3) is 5.91 Å². The highest BCUT2D eigenvalue weighted by molar-refractivity contribution is 7.80. The van der Waals surface area contributed by atoms with E-state index in [1.54, 1.807) is 30.3 Å². The van der Waals surface area contributed by atoms with Gasteiger partial charge < -0.3 is 24.6 Å². The number of hydrogen-bond donors (Lipinski definition) is 1. The molecule has 3 aromatic carbocycles. The Morgan fingerprint density at radius 2 is 1.78 bits per heavy atom. The summed E-state index contributed by atoms with van der Waals surface area (Å²) in [6, 6.07) is 17.6. The Hall–Kier alpha value is -3.36. The van der Waals surface area contributed by atoms with Crippen LogP contribution in [0.5, 0.6) is 11.5 Å². The van der Waals surface area contributed by atoms with Crippen LogP contribution >= 0.6 is 23.8 Å². The fourth-order valence-electron chi connectivity index (χ4n) is 4.13. The van der Waals surface area contributed by atoms with E-state index in [1.165, 1.54) is 6.07 Å². The fourth-order valence-corrected chi connectivity index (χ4v) is 4.61. The van der Waals surface area contributed by atoms with Crippen molar-refractivity contribution in [2.75, 3.05) is 49.6 Å². The highest BCUT2D eigenvalue weighted by Crippen LogP contribution is 2.30. The van der Waals surface area contributed by atoms with Crippen LogP contribution in [-0.2, 0) is 4.79 Å². The van der Waals surface area contributed by atoms with Crippen molar-refractivity contribution in [3.8, 4) is 11.5 Å². The normalized spacial score (nSPS) is 13.3. The SMILES string of the molecule is CCOc1cc(C(=S)N2CCN(c3ccccc3F)CC2)ccc1OCC(=O)Nc1cc(Cl)ccc1C. The first-order valence-corrected chi connectivity index (χ1v) is 12.9. The lowest BCUT2D eigenvalue weighted by Gasteiger charge is -2.37. The van der Waals surface area contributed by atoms with Gasteiger partial charge >= 0.3 is 0 Å². The van der Waals surface area contributed by atoms with E-state index in [4.69, 9.17) is 33.3 Å². The number of aryl methyl sites for hydroxylation is 1. The van der Waals surface area contributed by atoms with Crippen molar-refractivity contribution in [3.05, 3.63) is 82.6 Å². The number of thiocarbonyl (C=S) groups is 1. The molecule has 6 nitrogen and oxygen atoms in total. The summed E-state index contributed by atoms with van der Waals surface area (Å²) in [5.74, 6) is 0.446. The van der Waals surface area contributed by atoms with E-state index in [2.05, 4.69) is 10.2 Å². The van der Waals surface area contributed by atoms with Crippen molar-refractivity contribution in [1.29, 1.82) is 0 Å². The van der Waals surface area contributed by atoms with Gasteiger partial charge in [-0.3, -0.25) is 4.79 Å². The number of rotatable bonds is 8. The number of carbonyl (C=O) groups excluding carboxylic acids is 1. The Balaban J connectivity index is 1.38. The molecule has 9 heteroatoms. The molecule has 0 atom stereocenters. The number of ether oxygens (including phenoxy) is 2. The summed E-state index contributed by atoms with van der Waals surface area (Å²) in [6.07, 6.45) is 0. The van der Waals surface area contributed by atoms with Gasteiger partial charge in [-0.15, -0.1) is 0 Å². The number of benzene rings is 3. The average Bonchev–Trinajstić information content (AvgIpc) is 2.90. The molecule has 0 saturated carbocycles. The summed E-state index contributed by atoms with van der Waals surface area (Å²) in [6.45, 7) is 6.71. The number of piperazine rings is 1. The first kappa shape index (κ1) is 26.7. The zero-order valence-electron chi connectivity index (χ0n) is 20.8. The topological polar surface area (TPSA) is 54.0 Å². The molecular weight excluding hydrogens is 513 g/mol. The average molecular weight is 542 g/mol. The van der Waals surface area contributed by atoms with E-state index in [0.717, 1.165) is 11.1 Å². The lowest BCUT2D eigenvalue weighted by Crippen LogP contribution is -2.48. The Morgan fingerprint density at radius 1 is 1.03 bits per heavy atom. The maximum absolute atomic E-state index is 14.2. The van der Waals surface area contributed by atoms with E-state index in [9.17, 15) is 9.18 Å². The van der Waals surface area contributed by atoms with Gasteiger partial charge in [-0.1, -0.05) is 42.0 Å². The number of amides is 1. The van der Waals surface area contributed by atoms with Gasteiger partial charge in [-0.2, -0.15) is 0 Å². The molecule has 1 saturated heterocycles. The van der Waals surface area contributed by atoms with Crippen LogP contribution in [-0.4, -0.2) is 55.2 Å². The first-order valence-electron chi connectivity index (χ1n) is 12.1. The number of hydrogen-bond acceptors (Lipinski definition) is 5. The predicted octanol–water partition coefficient (Wildman–Crippen LogP) is 5.70. The van der Waals surface area contributed by atoms with E-state index in [1.807, 2.05) is 43.0 Å². The highest BCUT2D eigenvalue weighted by atomic mass is 35.5. The molecule has 0 unspecified atom stereocenters. The third kappa shape index (κ3) is 6.70. The van der Waals surface area contributed by atoms with Gasteiger partial charge in [0.2, 0.25) is 0 Å². The second kappa shape index (κ2) is 12.3. The summed E-state index contributed by atoms with van der Waals surface area (Å²) in [7, 11) is 0. The minimum atomic E-state index is -0.305. The number of anilines is 2. The highest BCUT2D eigenvalue weighted by Gasteiger charge is 2.22. The lowest BCUT2D eigenvalue weighted by atomic mass is 10.1. The molecule has 0 radical (unpaired) electrons. The van der Waals surface area contributed by atoms with E-state index < -0.39 is 0 Å². The molecule has 4 rings (SSSR count). The third-order valence-corrected chi connectivity index (χ3v) is 6.81. The Kier molecular flexibility index (Phi) is 8.84. The molecule has 0 aromatic heterocycles. The van der Waals surface area contributed by atoms with Crippen LogP contribution in [0.25, 0.3) is 0 Å². The van der Waals surface area contributed by atoms with E-state index in [0.29, 0.717) is 65.7 Å². The maximum atomic E-state index is 14.2. The quantitative estimate of drug-likeness (QED) is 0.369. The number of nitrogens with one attached hydrogen (secondary N) is 1. The largest absolute Gasteiger partial charge is 0.490 e. The van der Waals surface area contributed by atoms with Crippen molar-refractivity contribution in [2.24, 2.45) is 0 Å². The van der Waals surface area contributed by atoms with Crippen molar-refractivity contribution in [2.45, 2.75) is 13.8 Å². The van der Waals surface area contributed by atoms with Gasteiger partial charge in [0, 0.05) is 42.5 Å². The summed E-state index contributed by atoms with van der Waals surface area (Å²) < 4.78 is 25.7. The molecular formula is C28H29ClFN3O3S. The Labute approximate surface area is 226 Å². The molecule has 194 valence electrons. The first-order chi connectivity index (χ1) is 17.9. The molecule has 0 bridgehead atoms. The molecule has 0 spiro atoms. The molecule has 37 heavy (non-hydrogen) atoms. The summed E-state index contributed by atoms with van der Waals surface area (Å²) >= 11 is 11.8. The van der Waals surface area contributed by atoms with E-state index >= 15 is 0 Å². The molecule has 1 N–H and O–H groups in total. The van der Waals surface area contributed by atoms with Gasteiger partial charge in [-0.25, -0.2) is 4.39 Å². The van der Waals surface area contributed by atoms with Gasteiger partial charge in [0.1, 0.15) is 10.8 Å². The second-order valence-corrected chi connectivity index (χ2v) is 9.44. The summed E-state index contributed by atoms with van der Waals surface area (Å²) in [4.78, 5) is 17.3. The molecule has 3 aromatic rings. The monoisotopic (exact) mass is 541 g/mol. The molecule has 1 heterocycles. The van der Waals surface area contributed by atoms with Crippen LogP contribution in [0.2, 0.25) is 5.02 Å². The number of carbonyl (C=O) groups is 1. The van der Waals surface area contributed by atoms with Crippen LogP contribution in [0.3, 0.4) is 0 Å². The number of nitrogens with zero attached hydrogens (tertiary/aromatic N) is 2. The summed E-state index contributed by atoms with van der Waals surface area (Å²) in [5.41, 5.74) is 2.98. The number of para-hydroxylation sites is 1. The standard InChI is InChI=1S/C28H29ClFN3O3S/c1-3-35-26-16-20(28(37)33-14-12-32(13-15-33)24-7-5-4-6-22(24)30)9-11-25(26)36-18-27(34)31-23-17-21(29)10-8-19(23)2/h4-11,16-17H,3,12-15,18H2,1-2H3,(H,31,34). The minimum Gasteiger partial charge on any atom is -0.490 e. The molecule has 1 aliphatic heterocycles. The fraction of sp³-hybridized carbons (Fsp3) is 0.286. The van der Waals surface area contributed by atoms with Crippen LogP contribution in [0.1, 0.15) is 18.1 Å². The molecule has 1 aliphatic rings. The van der Waals surface area contributed by atoms with Crippen molar-refractivity contribution < 1.29 is 18.7 Å². The van der Waals surface area contributed by atoms with Crippen LogP contribution < -0.4 is 19.7 Å². The van der Waals surface area contributed by atoms with Crippen LogP contribution in [0, 0.1) is 12.7 Å². The predicted molar refractivity (Wildman–Crippen MR) is 150 cm³/mol. The Bertz CT molecular complexity index is 1280. The van der Waals surface area contributed by atoms with Gasteiger partial charge in [0.05, 0.1) is 12.3 Å². The Morgan fingerprint density at radius 3 is 2.51 bits per heavy atom. The smallest absolute Gasteiger partial charge is 0.262 e. The van der Waals surface area contributed by atoms with Crippen LogP contribution in [0.4, 0.5) is 15.8 Å².